The van der Waals surface area contributed by atoms with Crippen LogP contribution >= 0.6 is 0 Å². The smallest absolute Gasteiger partial charge is 0.278 e. The summed E-state index contributed by atoms with van der Waals surface area (Å²) in [6.45, 7) is 4.00. The number of benzene rings is 1. The van der Waals surface area contributed by atoms with Gasteiger partial charge in [-0.1, -0.05) is 44.2 Å². The van der Waals surface area contributed by atoms with E-state index in [1.807, 2.05) is 32.0 Å². The molecular weight excluding hydrogens is 336 g/mol. The molecule has 0 saturated heterocycles. The minimum absolute atomic E-state index is 0.0434. The fourth-order valence-electron chi connectivity index (χ4n) is 2.77. The second kappa shape index (κ2) is 7.68. The molecule has 26 heavy (non-hydrogen) atoms. The summed E-state index contributed by atoms with van der Waals surface area (Å²) in [5.41, 5.74) is 1.99. The van der Waals surface area contributed by atoms with Gasteiger partial charge in [-0.3, -0.25) is 0 Å². The van der Waals surface area contributed by atoms with E-state index in [0.29, 0.717) is 17.2 Å². The van der Waals surface area contributed by atoms with Gasteiger partial charge in [-0.25, -0.2) is 18.7 Å². The normalized spacial score (nSPS) is 17.1. The molecule has 4 rings (SSSR count). The highest BCUT2D eigenvalue weighted by Crippen LogP contribution is 2.47. The maximum Gasteiger partial charge on any atom is 0.278 e. The maximum atomic E-state index is 12.6. The fraction of sp³-hybridized carbons (Fsp3) is 0.368. The molecule has 2 aliphatic rings. The lowest BCUT2D eigenvalue weighted by atomic mass is 10.1. The number of anilines is 1. The minimum atomic E-state index is -2.58. The monoisotopic (exact) mass is 357 g/mol. The molecule has 1 aromatic heterocycles. The Hall–Kier alpha value is -2.70. The molecule has 2 heterocycles. The van der Waals surface area contributed by atoms with Gasteiger partial charge in [0, 0.05) is 24.4 Å². The van der Waals surface area contributed by atoms with Crippen molar-refractivity contribution in [3.8, 4) is 0 Å². The highest BCUT2D eigenvalue weighted by molar-refractivity contribution is 6.15. The lowest BCUT2D eigenvalue weighted by Gasteiger charge is -2.17. The predicted molar refractivity (Wildman–Crippen MR) is 98.9 cm³/mol. The number of hydrogen-bond acceptors (Lipinski definition) is 5. The highest BCUT2D eigenvalue weighted by atomic mass is 19.3. The molecule has 1 aliphatic heterocycles. The van der Waals surface area contributed by atoms with Crippen molar-refractivity contribution in [1.29, 1.82) is 0 Å². The van der Waals surface area contributed by atoms with E-state index in [0.717, 1.165) is 12.8 Å². The molecule has 7 heteroatoms. The lowest BCUT2D eigenvalue weighted by molar-refractivity contribution is 0.224. The largest absolute Gasteiger partial charge is 0.345 e. The predicted octanol–water partition coefficient (Wildman–Crippen LogP) is 4.42. The second-order valence-electron chi connectivity index (χ2n) is 5.98. The van der Waals surface area contributed by atoms with Gasteiger partial charge in [0.25, 0.3) is 6.43 Å². The summed E-state index contributed by atoms with van der Waals surface area (Å²) >= 11 is 0. The summed E-state index contributed by atoms with van der Waals surface area (Å²) in [4.78, 5) is 8.60. The van der Waals surface area contributed by atoms with E-state index in [-0.39, 0.29) is 17.7 Å². The van der Waals surface area contributed by atoms with Crippen LogP contribution in [0.1, 0.15) is 44.2 Å². The highest BCUT2D eigenvalue weighted by Gasteiger charge is 2.44. The molecule has 0 atom stereocenters. The van der Waals surface area contributed by atoms with E-state index in [4.69, 9.17) is 0 Å². The van der Waals surface area contributed by atoms with Crippen molar-refractivity contribution in [1.82, 2.24) is 9.97 Å². The average molecular weight is 357 g/mol. The Balaban J connectivity index is 0.000000948. The van der Waals surface area contributed by atoms with Gasteiger partial charge in [0.2, 0.25) is 5.95 Å². The standard InChI is InChI=1S/C17H15F2N5.C2H6/c18-15(19)14-8-13(23-24-14)11-9-20-16(21-10-11)22-17(6-7-17)12-4-2-1-3-5-12;1-2/h1-5,9-10,15H,6-8H2,(H,20,21,22);1-2H3. The molecule has 0 radical (unpaired) electrons. The van der Waals surface area contributed by atoms with Crippen LogP contribution in [0.5, 0.6) is 0 Å². The number of hydrogen-bond donors (Lipinski definition) is 1. The van der Waals surface area contributed by atoms with Crippen molar-refractivity contribution >= 4 is 17.4 Å². The van der Waals surface area contributed by atoms with Crippen molar-refractivity contribution in [3.63, 3.8) is 0 Å². The van der Waals surface area contributed by atoms with E-state index < -0.39 is 6.43 Å². The first-order valence-electron chi connectivity index (χ1n) is 8.74. The van der Waals surface area contributed by atoms with Crippen molar-refractivity contribution in [2.24, 2.45) is 10.2 Å². The summed E-state index contributed by atoms with van der Waals surface area (Å²) in [7, 11) is 0. The molecule has 1 aliphatic carbocycles. The third-order valence-electron chi connectivity index (χ3n) is 4.31. The molecule has 1 saturated carbocycles. The SMILES string of the molecule is CC.FC(F)C1=NN=C(c2cnc(NC3(c4ccccc4)CC3)nc2)C1. The van der Waals surface area contributed by atoms with Crippen molar-refractivity contribution < 1.29 is 8.78 Å². The topological polar surface area (TPSA) is 62.5 Å². The Morgan fingerprint density at radius 2 is 1.65 bits per heavy atom. The van der Waals surface area contributed by atoms with Gasteiger partial charge in [-0.15, -0.1) is 0 Å². The molecule has 2 aromatic rings. The van der Waals surface area contributed by atoms with Gasteiger partial charge in [0.05, 0.1) is 11.3 Å². The number of nitrogens with zero attached hydrogens (tertiary/aromatic N) is 4. The van der Waals surface area contributed by atoms with Crippen LogP contribution < -0.4 is 5.32 Å². The van der Waals surface area contributed by atoms with Crippen molar-refractivity contribution in [3.05, 3.63) is 53.9 Å². The number of rotatable bonds is 5. The molecular formula is C19H21F2N5. The lowest BCUT2D eigenvalue weighted by Crippen LogP contribution is -2.20. The Morgan fingerprint density at radius 3 is 2.19 bits per heavy atom. The third kappa shape index (κ3) is 3.76. The minimum Gasteiger partial charge on any atom is -0.345 e. The zero-order valence-electron chi connectivity index (χ0n) is 14.8. The Bertz CT molecular complexity index is 796. The van der Waals surface area contributed by atoms with Crippen molar-refractivity contribution in [2.75, 3.05) is 5.32 Å². The average Bonchev–Trinajstić information content (AvgIpc) is 3.29. The van der Waals surface area contributed by atoms with Crippen LogP contribution in [0.2, 0.25) is 0 Å². The maximum absolute atomic E-state index is 12.6. The molecule has 0 unspecified atom stereocenters. The summed E-state index contributed by atoms with van der Waals surface area (Å²) in [5, 5.41) is 10.7. The van der Waals surface area contributed by atoms with Crippen LogP contribution in [-0.4, -0.2) is 27.8 Å². The van der Waals surface area contributed by atoms with Gasteiger partial charge in [-0.2, -0.15) is 10.2 Å². The Morgan fingerprint density at radius 1 is 1.00 bits per heavy atom. The third-order valence-corrected chi connectivity index (χ3v) is 4.31. The zero-order chi connectivity index (χ0) is 18.6. The van der Waals surface area contributed by atoms with Gasteiger partial charge < -0.3 is 5.32 Å². The van der Waals surface area contributed by atoms with Crippen LogP contribution in [0.15, 0.2) is 52.9 Å². The van der Waals surface area contributed by atoms with E-state index in [2.05, 4.69) is 37.6 Å². The second-order valence-corrected chi connectivity index (χ2v) is 5.98. The van der Waals surface area contributed by atoms with Crippen LogP contribution in [0.3, 0.4) is 0 Å². The quantitative estimate of drug-likeness (QED) is 0.862. The Labute approximate surface area is 151 Å². The molecule has 0 spiro atoms. The summed E-state index contributed by atoms with van der Waals surface area (Å²) < 4.78 is 25.2. The van der Waals surface area contributed by atoms with E-state index in [9.17, 15) is 8.78 Å². The number of nitrogens with one attached hydrogen (secondary N) is 1. The molecule has 1 aromatic carbocycles. The molecule has 0 amide bonds. The fourth-order valence-corrected chi connectivity index (χ4v) is 2.77. The first kappa shape index (κ1) is 18.1. The molecule has 136 valence electrons. The summed E-state index contributed by atoms with van der Waals surface area (Å²) in [6.07, 6.45) is 2.72. The van der Waals surface area contributed by atoms with Gasteiger partial charge >= 0.3 is 0 Å². The van der Waals surface area contributed by atoms with E-state index in [1.165, 1.54) is 5.56 Å². The summed E-state index contributed by atoms with van der Waals surface area (Å²) in [6, 6.07) is 10.2. The Kier molecular flexibility index (Phi) is 5.35. The number of alkyl halides is 2. The molecule has 5 nitrogen and oxygen atoms in total. The number of halogens is 2. The van der Waals surface area contributed by atoms with Crippen molar-refractivity contribution in [2.45, 2.75) is 45.1 Å². The van der Waals surface area contributed by atoms with E-state index >= 15 is 0 Å². The van der Waals surface area contributed by atoms with Gasteiger partial charge in [0.1, 0.15) is 5.71 Å². The van der Waals surface area contributed by atoms with Crippen LogP contribution in [0.4, 0.5) is 14.7 Å². The number of aromatic nitrogens is 2. The zero-order valence-corrected chi connectivity index (χ0v) is 14.8. The van der Waals surface area contributed by atoms with E-state index in [1.54, 1.807) is 12.4 Å². The molecule has 1 N–H and O–H groups in total. The van der Waals surface area contributed by atoms with Gasteiger partial charge in [-0.05, 0) is 18.4 Å². The summed E-state index contributed by atoms with van der Waals surface area (Å²) in [5.74, 6) is 0.522. The van der Waals surface area contributed by atoms with Crippen LogP contribution in [-0.2, 0) is 5.54 Å². The first-order valence-corrected chi connectivity index (χ1v) is 8.74. The molecule has 1 fully saturated rings. The van der Waals surface area contributed by atoms with Crippen LogP contribution in [0, 0.1) is 0 Å². The first-order chi connectivity index (χ1) is 12.7. The van der Waals surface area contributed by atoms with Gasteiger partial charge in [0.15, 0.2) is 0 Å². The molecule has 0 bridgehead atoms. The van der Waals surface area contributed by atoms with Crippen LogP contribution in [0.25, 0.3) is 0 Å².